The molecule has 0 bridgehead atoms. The molecule has 0 atom stereocenters. The summed E-state index contributed by atoms with van der Waals surface area (Å²) in [5, 5.41) is 4.19. The molecular weight excluding hydrogens is 244 g/mol. The van der Waals surface area contributed by atoms with E-state index in [4.69, 9.17) is 4.74 Å². The van der Waals surface area contributed by atoms with Crippen molar-refractivity contribution >= 4 is 17.1 Å². The molecule has 0 saturated heterocycles. The molecule has 1 heterocycles. The van der Waals surface area contributed by atoms with Crippen molar-refractivity contribution in [2.75, 3.05) is 6.61 Å². The zero-order valence-corrected chi connectivity index (χ0v) is 11.2. The Kier molecular flexibility index (Phi) is 4.53. The summed E-state index contributed by atoms with van der Waals surface area (Å²) in [6.07, 6.45) is 1.42. The number of carbonyl (C=O) groups is 1. The highest BCUT2D eigenvalue weighted by atomic mass is 32.1. The average Bonchev–Trinajstić information content (AvgIpc) is 2.91. The third kappa shape index (κ3) is 3.44. The number of benzene rings is 1. The van der Waals surface area contributed by atoms with Gasteiger partial charge in [0.05, 0.1) is 6.61 Å². The van der Waals surface area contributed by atoms with Crippen LogP contribution in [0, 0.1) is 0 Å². The Bertz CT molecular complexity index is 503. The summed E-state index contributed by atoms with van der Waals surface area (Å²) in [6, 6.07) is 9.50. The Labute approximate surface area is 111 Å². The molecule has 94 valence electrons. The highest BCUT2D eigenvalue weighted by Crippen LogP contribution is 2.15. The average molecular weight is 260 g/mol. The topological polar surface area (TPSA) is 26.3 Å². The van der Waals surface area contributed by atoms with E-state index in [9.17, 15) is 4.79 Å². The smallest absolute Gasteiger partial charge is 0.162 e. The Balaban J connectivity index is 1.91. The van der Waals surface area contributed by atoms with E-state index in [2.05, 4.69) is 16.8 Å². The Morgan fingerprint density at radius 2 is 2.22 bits per heavy atom. The summed E-state index contributed by atoms with van der Waals surface area (Å²) >= 11 is 1.69. The van der Waals surface area contributed by atoms with Gasteiger partial charge in [0.1, 0.15) is 5.75 Å². The molecule has 1 aromatic carbocycles. The van der Waals surface area contributed by atoms with Crippen molar-refractivity contribution in [1.29, 1.82) is 0 Å². The fourth-order valence-electron chi connectivity index (χ4n) is 1.69. The number of Topliss-reactive ketones (excluding diaryl/α,β-unsaturated/α-hetero) is 1. The van der Waals surface area contributed by atoms with Gasteiger partial charge >= 0.3 is 0 Å². The predicted molar refractivity (Wildman–Crippen MR) is 74.6 cm³/mol. The molecular formula is C15H16O2S. The zero-order valence-electron chi connectivity index (χ0n) is 10.4. The lowest BCUT2D eigenvalue weighted by Crippen LogP contribution is -2.02. The standard InChI is InChI=1S/C15H16O2S/c1-2-15(16)13-4-3-5-14(10-13)17-8-6-12-7-9-18-11-12/h3-5,7,9-11H,2,6,8H2,1H3. The molecule has 18 heavy (non-hydrogen) atoms. The fourth-order valence-corrected chi connectivity index (χ4v) is 2.39. The fraction of sp³-hybridized carbons (Fsp3) is 0.267. The second kappa shape index (κ2) is 6.36. The van der Waals surface area contributed by atoms with Crippen LogP contribution >= 0.6 is 11.3 Å². The molecule has 0 saturated carbocycles. The second-order valence-electron chi connectivity index (χ2n) is 4.03. The summed E-state index contributed by atoms with van der Waals surface area (Å²) in [4.78, 5) is 11.6. The van der Waals surface area contributed by atoms with Crippen molar-refractivity contribution in [2.24, 2.45) is 0 Å². The second-order valence-corrected chi connectivity index (χ2v) is 4.81. The van der Waals surface area contributed by atoms with Crippen LogP contribution in [0.25, 0.3) is 0 Å². The number of thiophene rings is 1. The molecule has 1 aromatic heterocycles. The van der Waals surface area contributed by atoms with Gasteiger partial charge in [-0.25, -0.2) is 0 Å². The van der Waals surface area contributed by atoms with Crippen LogP contribution in [0.1, 0.15) is 29.3 Å². The number of rotatable bonds is 6. The van der Waals surface area contributed by atoms with Gasteiger partial charge in [0.25, 0.3) is 0 Å². The number of ether oxygens (including phenoxy) is 1. The van der Waals surface area contributed by atoms with Crippen molar-refractivity contribution in [2.45, 2.75) is 19.8 Å². The van der Waals surface area contributed by atoms with E-state index in [1.54, 1.807) is 11.3 Å². The largest absolute Gasteiger partial charge is 0.493 e. The summed E-state index contributed by atoms with van der Waals surface area (Å²) in [5.41, 5.74) is 2.02. The molecule has 2 rings (SSSR count). The maximum Gasteiger partial charge on any atom is 0.162 e. The lowest BCUT2D eigenvalue weighted by atomic mass is 10.1. The van der Waals surface area contributed by atoms with Gasteiger partial charge in [0, 0.05) is 18.4 Å². The third-order valence-corrected chi connectivity index (χ3v) is 3.45. The van der Waals surface area contributed by atoms with Crippen LogP contribution < -0.4 is 4.74 Å². The number of hydrogen-bond donors (Lipinski definition) is 0. The monoisotopic (exact) mass is 260 g/mol. The number of carbonyl (C=O) groups excluding carboxylic acids is 1. The van der Waals surface area contributed by atoms with Gasteiger partial charge in [0.15, 0.2) is 5.78 Å². The number of hydrogen-bond acceptors (Lipinski definition) is 3. The molecule has 0 aliphatic heterocycles. The predicted octanol–water partition coefficient (Wildman–Crippen LogP) is 3.96. The third-order valence-electron chi connectivity index (χ3n) is 2.72. The maximum absolute atomic E-state index is 11.6. The van der Waals surface area contributed by atoms with Gasteiger partial charge in [0.2, 0.25) is 0 Å². The summed E-state index contributed by atoms with van der Waals surface area (Å²) in [5.74, 6) is 0.919. The van der Waals surface area contributed by atoms with Gasteiger partial charge in [-0.15, -0.1) is 0 Å². The molecule has 0 unspecified atom stereocenters. The minimum Gasteiger partial charge on any atom is -0.493 e. The van der Waals surface area contributed by atoms with Gasteiger partial charge in [-0.1, -0.05) is 19.1 Å². The van der Waals surface area contributed by atoms with Crippen molar-refractivity contribution in [1.82, 2.24) is 0 Å². The van der Waals surface area contributed by atoms with Gasteiger partial charge < -0.3 is 4.74 Å². The number of ketones is 1. The first-order chi connectivity index (χ1) is 8.79. The molecule has 3 heteroatoms. The van der Waals surface area contributed by atoms with E-state index in [0.29, 0.717) is 13.0 Å². The van der Waals surface area contributed by atoms with Crippen LogP contribution in [-0.4, -0.2) is 12.4 Å². The maximum atomic E-state index is 11.6. The first-order valence-electron chi connectivity index (χ1n) is 6.06. The van der Waals surface area contributed by atoms with Gasteiger partial charge in [-0.05, 0) is 34.5 Å². The van der Waals surface area contributed by atoms with E-state index in [1.807, 2.05) is 31.2 Å². The first kappa shape index (κ1) is 12.8. The van der Waals surface area contributed by atoms with Crippen molar-refractivity contribution in [3.63, 3.8) is 0 Å². The SMILES string of the molecule is CCC(=O)c1cccc(OCCc2ccsc2)c1. The quantitative estimate of drug-likeness (QED) is 0.735. The molecule has 0 N–H and O–H groups in total. The van der Waals surface area contributed by atoms with Crippen LogP contribution in [0.3, 0.4) is 0 Å². The lowest BCUT2D eigenvalue weighted by Gasteiger charge is -2.06. The molecule has 0 radical (unpaired) electrons. The minimum absolute atomic E-state index is 0.151. The van der Waals surface area contributed by atoms with Crippen molar-refractivity contribution in [3.05, 3.63) is 52.2 Å². The highest BCUT2D eigenvalue weighted by Gasteiger charge is 2.04. The molecule has 0 spiro atoms. The Hall–Kier alpha value is -1.61. The Morgan fingerprint density at radius 1 is 1.33 bits per heavy atom. The summed E-state index contributed by atoms with van der Waals surface area (Å²) in [7, 11) is 0. The van der Waals surface area contributed by atoms with Crippen LogP contribution in [0.4, 0.5) is 0 Å². The molecule has 0 aliphatic carbocycles. The first-order valence-corrected chi connectivity index (χ1v) is 7.01. The van der Waals surface area contributed by atoms with E-state index in [0.717, 1.165) is 17.7 Å². The highest BCUT2D eigenvalue weighted by molar-refractivity contribution is 7.07. The summed E-state index contributed by atoms with van der Waals surface area (Å²) < 4.78 is 5.67. The Morgan fingerprint density at radius 3 is 2.94 bits per heavy atom. The molecule has 2 nitrogen and oxygen atoms in total. The van der Waals surface area contributed by atoms with Crippen molar-refractivity contribution < 1.29 is 9.53 Å². The van der Waals surface area contributed by atoms with Crippen LogP contribution in [0.5, 0.6) is 5.75 Å². The lowest BCUT2D eigenvalue weighted by molar-refractivity contribution is 0.0987. The molecule has 2 aromatic rings. The molecule has 0 amide bonds. The van der Waals surface area contributed by atoms with Crippen LogP contribution in [-0.2, 0) is 6.42 Å². The van der Waals surface area contributed by atoms with Crippen LogP contribution in [0.2, 0.25) is 0 Å². The minimum atomic E-state index is 0.151. The van der Waals surface area contributed by atoms with Gasteiger partial charge in [-0.2, -0.15) is 11.3 Å². The van der Waals surface area contributed by atoms with Crippen molar-refractivity contribution in [3.8, 4) is 5.75 Å². The van der Waals surface area contributed by atoms with Crippen LogP contribution in [0.15, 0.2) is 41.1 Å². The van der Waals surface area contributed by atoms with E-state index in [1.165, 1.54) is 5.56 Å². The molecule has 0 aliphatic rings. The van der Waals surface area contributed by atoms with Gasteiger partial charge in [-0.3, -0.25) is 4.79 Å². The van der Waals surface area contributed by atoms with E-state index >= 15 is 0 Å². The normalized spacial score (nSPS) is 10.3. The van der Waals surface area contributed by atoms with E-state index < -0.39 is 0 Å². The zero-order chi connectivity index (χ0) is 12.8. The molecule has 0 fully saturated rings. The van der Waals surface area contributed by atoms with E-state index in [-0.39, 0.29) is 5.78 Å². The summed E-state index contributed by atoms with van der Waals surface area (Å²) in [6.45, 7) is 2.51.